The standard InChI is InChI=1S/C21H26FN3O3S/c1-4-5-11-28-21(27)23-14(2)20(26)25-19-12-15(22)9-10-18(19)24-16-7-6-8-17(13-16)29-3/h6-10,12-14,24H,4-5,11H2,1-3H3,(H,23,27)(H,25,26). The van der Waals surface area contributed by atoms with E-state index >= 15 is 0 Å². The highest BCUT2D eigenvalue weighted by Crippen LogP contribution is 2.28. The molecule has 2 aromatic carbocycles. The minimum Gasteiger partial charge on any atom is -0.450 e. The predicted octanol–water partition coefficient (Wildman–Crippen LogP) is 5.14. The second-order valence-corrected chi connectivity index (χ2v) is 7.27. The van der Waals surface area contributed by atoms with Crippen LogP contribution in [0.15, 0.2) is 47.4 Å². The summed E-state index contributed by atoms with van der Waals surface area (Å²) in [5.74, 6) is -0.966. The van der Waals surface area contributed by atoms with Crippen LogP contribution in [0, 0.1) is 5.82 Å². The van der Waals surface area contributed by atoms with Crippen LogP contribution in [0.4, 0.5) is 26.2 Å². The van der Waals surface area contributed by atoms with Gasteiger partial charge in [0.15, 0.2) is 0 Å². The van der Waals surface area contributed by atoms with E-state index in [9.17, 15) is 14.0 Å². The molecule has 0 fully saturated rings. The number of halogens is 1. The first-order valence-electron chi connectivity index (χ1n) is 9.37. The molecular formula is C21H26FN3O3S. The summed E-state index contributed by atoms with van der Waals surface area (Å²) in [4.78, 5) is 25.3. The molecule has 2 amide bonds. The van der Waals surface area contributed by atoms with E-state index in [-0.39, 0.29) is 5.69 Å². The number of hydrogen-bond donors (Lipinski definition) is 3. The molecule has 2 aromatic rings. The van der Waals surface area contributed by atoms with Crippen LogP contribution in [0.3, 0.4) is 0 Å². The van der Waals surface area contributed by atoms with Crippen molar-refractivity contribution in [3.63, 3.8) is 0 Å². The Morgan fingerprint density at radius 2 is 1.97 bits per heavy atom. The van der Waals surface area contributed by atoms with Crippen LogP contribution < -0.4 is 16.0 Å². The van der Waals surface area contributed by atoms with E-state index < -0.39 is 23.9 Å². The number of thioether (sulfide) groups is 1. The number of amides is 2. The molecule has 0 spiro atoms. The quantitative estimate of drug-likeness (QED) is 0.387. The first kappa shape index (κ1) is 22.5. The van der Waals surface area contributed by atoms with E-state index in [4.69, 9.17) is 4.74 Å². The lowest BCUT2D eigenvalue weighted by Gasteiger charge is -2.17. The minimum atomic E-state index is -0.847. The van der Waals surface area contributed by atoms with Crippen molar-refractivity contribution in [2.24, 2.45) is 0 Å². The number of ether oxygens (including phenoxy) is 1. The zero-order valence-electron chi connectivity index (χ0n) is 16.8. The van der Waals surface area contributed by atoms with Gasteiger partial charge in [0.05, 0.1) is 18.0 Å². The molecule has 0 aliphatic heterocycles. The van der Waals surface area contributed by atoms with Gasteiger partial charge in [0.25, 0.3) is 0 Å². The van der Waals surface area contributed by atoms with Crippen LogP contribution >= 0.6 is 11.8 Å². The molecule has 0 saturated heterocycles. The third kappa shape index (κ3) is 7.30. The smallest absolute Gasteiger partial charge is 0.407 e. The molecular weight excluding hydrogens is 393 g/mol. The summed E-state index contributed by atoms with van der Waals surface area (Å²) < 4.78 is 18.8. The lowest BCUT2D eigenvalue weighted by Crippen LogP contribution is -2.42. The van der Waals surface area contributed by atoms with Gasteiger partial charge in [-0.05, 0) is 56.0 Å². The molecule has 2 rings (SSSR count). The third-order valence-electron chi connectivity index (χ3n) is 4.05. The van der Waals surface area contributed by atoms with E-state index in [0.29, 0.717) is 12.3 Å². The second-order valence-electron chi connectivity index (χ2n) is 6.39. The molecule has 6 nitrogen and oxygen atoms in total. The van der Waals surface area contributed by atoms with Gasteiger partial charge in [-0.2, -0.15) is 0 Å². The number of alkyl carbamates (subject to hydrolysis) is 1. The number of carbonyl (C=O) groups is 2. The van der Waals surface area contributed by atoms with Crippen molar-refractivity contribution < 1.29 is 18.7 Å². The number of rotatable bonds is 9. The highest BCUT2D eigenvalue weighted by molar-refractivity contribution is 7.98. The molecule has 0 aliphatic rings. The van der Waals surface area contributed by atoms with Crippen molar-refractivity contribution in [2.75, 3.05) is 23.5 Å². The number of unbranched alkanes of at least 4 members (excludes halogenated alkanes) is 1. The van der Waals surface area contributed by atoms with Crippen molar-refractivity contribution in [3.05, 3.63) is 48.3 Å². The van der Waals surface area contributed by atoms with E-state index in [2.05, 4.69) is 16.0 Å². The van der Waals surface area contributed by atoms with Gasteiger partial charge in [0.2, 0.25) is 5.91 Å². The summed E-state index contributed by atoms with van der Waals surface area (Å²) in [6.07, 6.45) is 2.97. The predicted molar refractivity (Wildman–Crippen MR) is 115 cm³/mol. The van der Waals surface area contributed by atoms with Crippen molar-refractivity contribution >= 4 is 40.8 Å². The summed E-state index contributed by atoms with van der Waals surface area (Å²) in [6, 6.07) is 11.0. The summed E-state index contributed by atoms with van der Waals surface area (Å²) in [5.41, 5.74) is 1.62. The van der Waals surface area contributed by atoms with E-state index in [1.165, 1.54) is 19.1 Å². The molecule has 1 unspecified atom stereocenters. The summed E-state index contributed by atoms with van der Waals surface area (Å²) in [6.45, 7) is 3.81. The van der Waals surface area contributed by atoms with Gasteiger partial charge in [0.1, 0.15) is 11.9 Å². The van der Waals surface area contributed by atoms with E-state index in [0.717, 1.165) is 23.4 Å². The van der Waals surface area contributed by atoms with Crippen molar-refractivity contribution in [1.82, 2.24) is 5.32 Å². The molecule has 0 aliphatic carbocycles. The number of nitrogens with one attached hydrogen (secondary N) is 3. The maximum atomic E-state index is 13.8. The van der Waals surface area contributed by atoms with Crippen LogP contribution in [0.25, 0.3) is 0 Å². The largest absolute Gasteiger partial charge is 0.450 e. The molecule has 156 valence electrons. The Hall–Kier alpha value is -2.74. The van der Waals surface area contributed by atoms with Crippen LogP contribution in [-0.2, 0) is 9.53 Å². The Kier molecular flexibility index (Phi) is 8.79. The lowest BCUT2D eigenvalue weighted by atomic mass is 10.2. The van der Waals surface area contributed by atoms with Gasteiger partial charge in [-0.3, -0.25) is 4.79 Å². The number of benzene rings is 2. The van der Waals surface area contributed by atoms with Gasteiger partial charge >= 0.3 is 6.09 Å². The Balaban J connectivity index is 2.06. The SMILES string of the molecule is CCCCOC(=O)NC(C)C(=O)Nc1cc(F)ccc1Nc1cccc(SC)c1. The van der Waals surface area contributed by atoms with Gasteiger partial charge in [-0.15, -0.1) is 11.8 Å². The minimum absolute atomic E-state index is 0.276. The van der Waals surface area contributed by atoms with Crippen LogP contribution in [0.5, 0.6) is 0 Å². The zero-order chi connectivity index (χ0) is 21.2. The van der Waals surface area contributed by atoms with Gasteiger partial charge in [0, 0.05) is 10.6 Å². The summed E-state index contributed by atoms with van der Waals surface area (Å²) in [7, 11) is 0. The molecule has 0 saturated carbocycles. The van der Waals surface area contributed by atoms with Crippen molar-refractivity contribution in [3.8, 4) is 0 Å². The molecule has 0 aromatic heterocycles. The van der Waals surface area contributed by atoms with Gasteiger partial charge in [-0.1, -0.05) is 19.4 Å². The Bertz CT molecular complexity index is 848. The number of hydrogen-bond acceptors (Lipinski definition) is 5. The average molecular weight is 420 g/mol. The number of anilines is 3. The van der Waals surface area contributed by atoms with Crippen LogP contribution in [-0.4, -0.2) is 30.9 Å². The third-order valence-corrected chi connectivity index (χ3v) is 4.77. The average Bonchev–Trinajstić information content (AvgIpc) is 2.70. The van der Waals surface area contributed by atoms with Gasteiger partial charge < -0.3 is 20.7 Å². The van der Waals surface area contributed by atoms with E-state index in [1.54, 1.807) is 17.8 Å². The molecule has 3 N–H and O–H groups in total. The lowest BCUT2D eigenvalue weighted by molar-refractivity contribution is -0.117. The molecule has 8 heteroatoms. The monoisotopic (exact) mass is 419 g/mol. The maximum Gasteiger partial charge on any atom is 0.407 e. The molecule has 1 atom stereocenters. The summed E-state index contributed by atoms with van der Waals surface area (Å²) in [5, 5.41) is 8.31. The fraction of sp³-hybridized carbons (Fsp3) is 0.333. The normalized spacial score (nSPS) is 11.4. The first-order valence-corrected chi connectivity index (χ1v) is 10.6. The topological polar surface area (TPSA) is 79.5 Å². The Morgan fingerprint density at radius 3 is 2.69 bits per heavy atom. The Labute approximate surface area is 174 Å². The number of carbonyl (C=O) groups excluding carboxylic acids is 2. The molecule has 0 heterocycles. The van der Waals surface area contributed by atoms with E-state index in [1.807, 2.05) is 37.4 Å². The Morgan fingerprint density at radius 1 is 1.17 bits per heavy atom. The fourth-order valence-electron chi connectivity index (χ4n) is 2.42. The van der Waals surface area contributed by atoms with Gasteiger partial charge in [-0.25, -0.2) is 9.18 Å². The van der Waals surface area contributed by atoms with Crippen molar-refractivity contribution in [1.29, 1.82) is 0 Å². The molecule has 0 radical (unpaired) electrons. The van der Waals surface area contributed by atoms with Crippen LogP contribution in [0.2, 0.25) is 0 Å². The maximum absolute atomic E-state index is 13.8. The molecule has 0 bridgehead atoms. The van der Waals surface area contributed by atoms with Crippen LogP contribution in [0.1, 0.15) is 26.7 Å². The fourth-order valence-corrected chi connectivity index (χ4v) is 2.88. The zero-order valence-corrected chi connectivity index (χ0v) is 17.6. The van der Waals surface area contributed by atoms with Crippen molar-refractivity contribution in [2.45, 2.75) is 37.6 Å². The summed E-state index contributed by atoms with van der Waals surface area (Å²) >= 11 is 1.61. The highest BCUT2D eigenvalue weighted by atomic mass is 32.2. The first-order chi connectivity index (χ1) is 13.9. The highest BCUT2D eigenvalue weighted by Gasteiger charge is 2.18. The second kappa shape index (κ2) is 11.3. The molecule has 29 heavy (non-hydrogen) atoms.